The smallest absolute Gasteiger partial charge is 0.235 e. The monoisotopic (exact) mass is 403 g/mol. The number of rotatable bonds is 3. The number of nitrogens with zero attached hydrogens (tertiary/aromatic N) is 3. The lowest BCUT2D eigenvalue weighted by Crippen LogP contribution is -2.40. The Labute approximate surface area is 172 Å². The molecule has 2 aromatic carbocycles. The first-order valence-corrected chi connectivity index (χ1v) is 9.88. The topological polar surface area (TPSA) is 81.5 Å². The Morgan fingerprint density at radius 1 is 0.933 bits per heavy atom. The van der Waals surface area contributed by atoms with Crippen LogP contribution in [0.15, 0.2) is 48.5 Å². The molecule has 3 heterocycles. The molecule has 0 saturated carbocycles. The molecule has 6 nitrogen and oxygen atoms in total. The van der Waals surface area contributed by atoms with Gasteiger partial charge in [0, 0.05) is 19.0 Å². The molecule has 4 atom stereocenters. The van der Waals surface area contributed by atoms with Crippen molar-refractivity contribution in [2.24, 2.45) is 11.8 Å². The molecular formula is C23H18FN3O3. The van der Waals surface area contributed by atoms with Crippen LogP contribution in [0.25, 0.3) is 0 Å². The lowest BCUT2D eigenvalue weighted by atomic mass is 9.85. The summed E-state index contributed by atoms with van der Waals surface area (Å²) in [7, 11) is 0. The number of carbonyl (C=O) groups excluding carboxylic acids is 3. The molecule has 2 amide bonds. The highest BCUT2D eigenvalue weighted by Crippen LogP contribution is 2.52. The fraction of sp³-hybridized carbons (Fsp3) is 0.304. The molecule has 0 N–H and O–H groups in total. The number of carbonyl (C=O) groups is 3. The van der Waals surface area contributed by atoms with E-state index in [1.54, 1.807) is 36.4 Å². The minimum atomic E-state index is -0.700. The number of imide groups is 1. The van der Waals surface area contributed by atoms with Gasteiger partial charge in [-0.25, -0.2) is 4.39 Å². The van der Waals surface area contributed by atoms with Crippen molar-refractivity contribution in [3.63, 3.8) is 0 Å². The minimum absolute atomic E-state index is 0.00840. The predicted molar refractivity (Wildman–Crippen MR) is 103 cm³/mol. The third-order valence-corrected chi connectivity index (χ3v) is 6.47. The van der Waals surface area contributed by atoms with E-state index in [9.17, 15) is 18.8 Å². The van der Waals surface area contributed by atoms with Crippen LogP contribution in [0.1, 0.15) is 29.2 Å². The summed E-state index contributed by atoms with van der Waals surface area (Å²) in [5.74, 6) is -2.37. The van der Waals surface area contributed by atoms with Gasteiger partial charge in [0.05, 0.1) is 36.1 Å². The molecule has 3 aliphatic rings. The van der Waals surface area contributed by atoms with E-state index in [0.717, 1.165) is 5.56 Å². The Hall–Kier alpha value is -3.37. The fourth-order valence-electron chi connectivity index (χ4n) is 5.16. The number of benzene rings is 2. The zero-order chi connectivity index (χ0) is 21.0. The zero-order valence-electron chi connectivity index (χ0n) is 16.0. The van der Waals surface area contributed by atoms with Gasteiger partial charge in [0.25, 0.3) is 0 Å². The molecule has 0 aliphatic carbocycles. The Morgan fingerprint density at radius 3 is 2.20 bits per heavy atom. The molecule has 0 spiro atoms. The van der Waals surface area contributed by atoms with Crippen molar-refractivity contribution in [2.75, 3.05) is 6.54 Å². The van der Waals surface area contributed by atoms with Gasteiger partial charge in [0.1, 0.15) is 5.82 Å². The van der Waals surface area contributed by atoms with Gasteiger partial charge in [-0.05, 0) is 35.4 Å². The maximum Gasteiger partial charge on any atom is 0.235 e. The van der Waals surface area contributed by atoms with Gasteiger partial charge in [-0.2, -0.15) is 5.26 Å². The first kappa shape index (κ1) is 18.6. The van der Waals surface area contributed by atoms with Crippen LogP contribution in [-0.2, 0) is 20.9 Å². The number of ketones is 1. The lowest BCUT2D eigenvalue weighted by Gasteiger charge is -2.28. The van der Waals surface area contributed by atoms with Gasteiger partial charge >= 0.3 is 0 Å². The molecule has 7 heteroatoms. The number of Topliss-reactive ketones (excluding diaryl/α,β-unsaturated/α-hetero) is 1. The van der Waals surface area contributed by atoms with Crippen molar-refractivity contribution in [3.05, 3.63) is 71.0 Å². The molecule has 0 unspecified atom stereocenters. The molecule has 0 bridgehead atoms. The number of hydrogen-bond acceptors (Lipinski definition) is 5. The van der Waals surface area contributed by atoms with Crippen LogP contribution in [0.3, 0.4) is 0 Å². The van der Waals surface area contributed by atoms with Gasteiger partial charge in [0.15, 0.2) is 5.78 Å². The molecule has 0 aromatic heterocycles. The highest BCUT2D eigenvalue weighted by molar-refractivity contribution is 6.09. The minimum Gasteiger partial charge on any atom is -0.298 e. The van der Waals surface area contributed by atoms with Gasteiger partial charge in [-0.3, -0.25) is 24.2 Å². The Bertz CT molecular complexity index is 1090. The van der Waals surface area contributed by atoms with E-state index in [0.29, 0.717) is 24.1 Å². The number of amides is 2. The van der Waals surface area contributed by atoms with Crippen LogP contribution in [-0.4, -0.2) is 40.0 Å². The molecular weight excluding hydrogens is 385 g/mol. The van der Waals surface area contributed by atoms with E-state index >= 15 is 0 Å². The maximum atomic E-state index is 13.4. The Balaban J connectivity index is 1.52. The second kappa shape index (κ2) is 6.85. The highest BCUT2D eigenvalue weighted by Gasteiger charge is 2.65. The number of nitriles is 1. The molecule has 0 radical (unpaired) electrons. The van der Waals surface area contributed by atoms with Crippen molar-refractivity contribution in [1.82, 2.24) is 9.80 Å². The van der Waals surface area contributed by atoms with Crippen molar-refractivity contribution >= 4 is 17.6 Å². The SMILES string of the molecule is N#Cc1ccc([C@H]2[C@H]3C(=O)N(Cc4ccc(F)cc4)C(=O)[C@H]3[C@@H]3C(=O)CCN32)cc1. The standard InChI is InChI=1S/C23H18FN3O3/c24-16-7-3-14(4-8-16)12-27-22(29)18-19(23(27)30)21-17(28)9-10-26(21)20(18)15-5-1-13(11-25)2-6-15/h1-8,18-21H,9-10,12H2/t18-,19+,20-,21-/m0/s1. The summed E-state index contributed by atoms with van der Waals surface area (Å²) >= 11 is 0. The summed E-state index contributed by atoms with van der Waals surface area (Å²) in [4.78, 5) is 42.4. The Morgan fingerprint density at radius 2 is 1.57 bits per heavy atom. The fourth-order valence-corrected chi connectivity index (χ4v) is 5.16. The van der Waals surface area contributed by atoms with E-state index in [4.69, 9.17) is 5.26 Å². The van der Waals surface area contributed by atoms with Crippen molar-refractivity contribution in [1.29, 1.82) is 5.26 Å². The van der Waals surface area contributed by atoms with Gasteiger partial charge in [-0.15, -0.1) is 0 Å². The molecule has 5 rings (SSSR count). The van der Waals surface area contributed by atoms with E-state index < -0.39 is 17.9 Å². The van der Waals surface area contributed by atoms with Crippen LogP contribution < -0.4 is 0 Å². The van der Waals surface area contributed by atoms with E-state index in [1.807, 2.05) is 4.90 Å². The van der Waals surface area contributed by atoms with Crippen LogP contribution in [0.5, 0.6) is 0 Å². The van der Waals surface area contributed by atoms with Crippen molar-refractivity contribution < 1.29 is 18.8 Å². The summed E-state index contributed by atoms with van der Waals surface area (Å²) in [5.41, 5.74) is 1.99. The normalized spacial score (nSPS) is 28.0. The van der Waals surface area contributed by atoms with Crippen LogP contribution in [0.4, 0.5) is 4.39 Å². The average Bonchev–Trinajstić information content (AvgIpc) is 3.36. The van der Waals surface area contributed by atoms with E-state index in [1.165, 1.54) is 17.0 Å². The molecule has 30 heavy (non-hydrogen) atoms. The number of likely N-dealkylation sites (tertiary alicyclic amines) is 1. The van der Waals surface area contributed by atoms with Crippen molar-refractivity contribution in [3.8, 4) is 6.07 Å². The maximum absolute atomic E-state index is 13.4. The van der Waals surface area contributed by atoms with Gasteiger partial charge in [0.2, 0.25) is 11.8 Å². The lowest BCUT2D eigenvalue weighted by molar-refractivity contribution is -0.143. The number of hydrogen-bond donors (Lipinski definition) is 0. The largest absolute Gasteiger partial charge is 0.298 e. The van der Waals surface area contributed by atoms with E-state index in [2.05, 4.69) is 6.07 Å². The molecule has 2 aromatic rings. The number of fused-ring (bicyclic) bond motifs is 3. The second-order valence-electron chi connectivity index (χ2n) is 8.02. The van der Waals surface area contributed by atoms with Crippen LogP contribution in [0.2, 0.25) is 0 Å². The van der Waals surface area contributed by atoms with Crippen LogP contribution in [0, 0.1) is 29.0 Å². The first-order valence-electron chi connectivity index (χ1n) is 9.88. The zero-order valence-corrected chi connectivity index (χ0v) is 16.0. The third-order valence-electron chi connectivity index (χ3n) is 6.47. The quantitative estimate of drug-likeness (QED) is 0.734. The third kappa shape index (κ3) is 2.68. The Kier molecular flexibility index (Phi) is 4.26. The predicted octanol–water partition coefficient (Wildman–Crippen LogP) is 2.20. The highest BCUT2D eigenvalue weighted by atomic mass is 19.1. The molecule has 150 valence electrons. The van der Waals surface area contributed by atoms with Crippen LogP contribution >= 0.6 is 0 Å². The summed E-state index contributed by atoms with van der Waals surface area (Å²) in [6.07, 6.45) is 0.361. The summed E-state index contributed by atoms with van der Waals surface area (Å²) in [6.45, 7) is 0.575. The molecule has 3 saturated heterocycles. The average molecular weight is 403 g/mol. The van der Waals surface area contributed by atoms with Gasteiger partial charge < -0.3 is 0 Å². The van der Waals surface area contributed by atoms with E-state index in [-0.39, 0.29) is 36.0 Å². The molecule has 3 aliphatic heterocycles. The summed E-state index contributed by atoms with van der Waals surface area (Å²) in [6, 6.07) is 13.8. The summed E-state index contributed by atoms with van der Waals surface area (Å²) in [5, 5.41) is 9.06. The number of halogens is 1. The molecule has 3 fully saturated rings. The summed E-state index contributed by atoms with van der Waals surface area (Å²) < 4.78 is 13.2. The van der Waals surface area contributed by atoms with Crippen molar-refractivity contribution in [2.45, 2.75) is 25.0 Å². The second-order valence-corrected chi connectivity index (χ2v) is 8.02. The van der Waals surface area contributed by atoms with Gasteiger partial charge in [-0.1, -0.05) is 24.3 Å². The first-order chi connectivity index (χ1) is 14.5.